The van der Waals surface area contributed by atoms with Crippen LogP contribution in [-0.4, -0.2) is 69.8 Å². The number of Topliss-reactive ketones (excluding diaryl/α,β-unsaturated/α-hetero) is 1. The van der Waals surface area contributed by atoms with Gasteiger partial charge in [-0.3, -0.25) is 19.1 Å². The monoisotopic (exact) mass is 889 g/mol. The van der Waals surface area contributed by atoms with E-state index in [0.29, 0.717) is 54.2 Å². The number of alkyl halides is 3. The third-order valence-corrected chi connectivity index (χ3v) is 15.7. The minimum atomic E-state index is -4.54. The van der Waals surface area contributed by atoms with Gasteiger partial charge in [0.2, 0.25) is 27.4 Å². The first-order chi connectivity index (χ1) is 29.6. The van der Waals surface area contributed by atoms with Crippen molar-refractivity contribution in [2.75, 3.05) is 6.54 Å². The van der Waals surface area contributed by atoms with Crippen molar-refractivity contribution >= 4 is 61.0 Å². The number of hydrogen-bond acceptors (Lipinski definition) is 11. The number of hydrogen-bond donors (Lipinski definition) is 1. The summed E-state index contributed by atoms with van der Waals surface area (Å²) in [6.45, 7) is 3.91. The second kappa shape index (κ2) is 16.2. The molecule has 0 spiro atoms. The molecule has 2 aliphatic carbocycles. The molecule has 1 saturated heterocycles. The Morgan fingerprint density at radius 1 is 1.02 bits per heavy atom. The zero-order chi connectivity index (χ0) is 43.6. The number of halogens is 3. The van der Waals surface area contributed by atoms with Gasteiger partial charge in [0, 0.05) is 41.0 Å². The average Bonchev–Trinajstić information content (AvgIpc) is 4.10. The molecule has 17 heteroatoms. The summed E-state index contributed by atoms with van der Waals surface area (Å²) in [6.07, 6.45) is 3.78. The number of thiazole rings is 1. The van der Waals surface area contributed by atoms with Gasteiger partial charge in [0.05, 0.1) is 39.5 Å². The Morgan fingerprint density at radius 3 is 2.52 bits per heavy atom. The number of rotatable bonds is 8. The molecule has 9 rings (SSSR count). The third-order valence-electron chi connectivity index (χ3n) is 12.8. The Labute approximate surface area is 360 Å². The lowest BCUT2D eigenvalue weighted by molar-refractivity contribution is -0.142. The Hall–Kier alpha value is -5.16. The molecule has 2 saturated carbocycles. The fourth-order valence-electron chi connectivity index (χ4n) is 8.90. The number of nitrogens with zero attached hydrogens (tertiary/aromatic N) is 4. The van der Waals surface area contributed by atoms with Gasteiger partial charge in [-0.25, -0.2) is 18.4 Å². The molecule has 12 nitrogen and oxygen atoms in total. The Kier molecular flexibility index (Phi) is 11.0. The van der Waals surface area contributed by atoms with E-state index in [1.54, 1.807) is 40.5 Å². The molecule has 0 unspecified atom stereocenters. The molecule has 0 bridgehead atoms. The Bertz CT molecular complexity index is 2690. The maximum atomic E-state index is 14.9. The lowest BCUT2D eigenvalue weighted by Gasteiger charge is -2.29. The maximum Gasteiger partial charge on any atom is 0.416 e. The molecule has 5 heterocycles. The third kappa shape index (κ3) is 8.37. The molecule has 5 aromatic rings. The van der Waals surface area contributed by atoms with E-state index in [2.05, 4.69) is 9.71 Å². The van der Waals surface area contributed by atoms with Crippen molar-refractivity contribution in [2.45, 2.75) is 108 Å². The number of allylic oxidation sites excluding steroid dienone is 2. The zero-order valence-corrected chi connectivity index (χ0v) is 35.9. The van der Waals surface area contributed by atoms with Crippen LogP contribution in [0, 0.1) is 31.1 Å². The summed E-state index contributed by atoms with van der Waals surface area (Å²) in [7, 11) is -3.89. The van der Waals surface area contributed by atoms with Crippen molar-refractivity contribution in [3.8, 4) is 17.3 Å². The van der Waals surface area contributed by atoms with Crippen LogP contribution in [0.2, 0.25) is 0 Å². The van der Waals surface area contributed by atoms with Gasteiger partial charge < -0.3 is 14.1 Å². The van der Waals surface area contributed by atoms with E-state index < -0.39 is 56.4 Å². The van der Waals surface area contributed by atoms with Crippen LogP contribution in [0.15, 0.2) is 65.1 Å². The number of ether oxygens (including phenoxy) is 1. The minimum Gasteiger partial charge on any atom is -0.470 e. The number of carbonyl (C=O) groups excluding carboxylic acids is 3. The first-order valence-electron chi connectivity index (χ1n) is 21.1. The molecular formula is C45H46F3N5O7S2. The van der Waals surface area contributed by atoms with Gasteiger partial charge in [0.25, 0.3) is 5.88 Å². The van der Waals surface area contributed by atoms with Gasteiger partial charge in [-0.15, -0.1) is 11.3 Å². The summed E-state index contributed by atoms with van der Waals surface area (Å²) < 4.78 is 81.6. The number of fused-ring (bicyclic) bond motifs is 5. The van der Waals surface area contributed by atoms with Gasteiger partial charge in [-0.2, -0.15) is 18.2 Å². The molecule has 326 valence electrons. The van der Waals surface area contributed by atoms with Crippen molar-refractivity contribution < 1.29 is 45.1 Å². The number of ketones is 1. The summed E-state index contributed by atoms with van der Waals surface area (Å²) in [5.74, 6) is -2.09. The molecule has 1 N–H and O–H groups in total. The molecule has 62 heavy (non-hydrogen) atoms. The lowest BCUT2D eigenvalue weighted by atomic mass is 9.90. The van der Waals surface area contributed by atoms with E-state index in [1.807, 2.05) is 26.0 Å². The molecule has 0 radical (unpaired) electrons. The zero-order valence-electron chi connectivity index (χ0n) is 34.2. The molecule has 4 aliphatic rings. The van der Waals surface area contributed by atoms with Crippen molar-refractivity contribution in [3.05, 3.63) is 81.8 Å². The number of benzene rings is 2. The van der Waals surface area contributed by atoms with E-state index in [-0.39, 0.29) is 54.3 Å². The summed E-state index contributed by atoms with van der Waals surface area (Å²) >= 11 is 1.54. The van der Waals surface area contributed by atoms with E-state index in [1.165, 1.54) is 12.1 Å². The predicted octanol–water partition coefficient (Wildman–Crippen LogP) is 8.44. The standard InChI is InChI=1S/C45H46F3N5O7S2/c1-25-26(2)61-37(49-25)20-28-10-6-4-3-5-7-11-30-22-44(30,43(56)52-62(57,58)32-18-19-32)23-35(54)34-21-31(24-53(34)42(28)55)59-41-39-38(33-12-8-9-13-36(33)60-39)50-40(51-41)27-14-16-29(17-15-27)45(46,47)48/h7-9,11-17,28,30-32,34H,3-6,10,18-24H2,1-2H3,(H,52,56)/b11-7-/t28-,30+,31-,34+,44-/m1/s1. The van der Waals surface area contributed by atoms with Crippen LogP contribution in [0.4, 0.5) is 13.2 Å². The number of sulfonamides is 1. The smallest absolute Gasteiger partial charge is 0.416 e. The highest BCUT2D eigenvalue weighted by molar-refractivity contribution is 7.90. The Morgan fingerprint density at radius 2 is 1.79 bits per heavy atom. The van der Waals surface area contributed by atoms with Crippen LogP contribution < -0.4 is 9.46 Å². The van der Waals surface area contributed by atoms with Gasteiger partial charge in [-0.05, 0) is 82.6 Å². The number of carbonyl (C=O) groups is 3. The van der Waals surface area contributed by atoms with Crippen molar-refractivity contribution in [2.24, 2.45) is 17.3 Å². The summed E-state index contributed by atoms with van der Waals surface area (Å²) in [5, 5.41) is 0.825. The maximum absolute atomic E-state index is 14.9. The molecule has 2 aliphatic heterocycles. The number of amides is 2. The van der Waals surface area contributed by atoms with E-state index in [0.717, 1.165) is 53.4 Å². The number of furan rings is 1. The Balaban J connectivity index is 1.07. The van der Waals surface area contributed by atoms with Crippen LogP contribution >= 0.6 is 11.3 Å². The van der Waals surface area contributed by atoms with Crippen LogP contribution in [0.25, 0.3) is 33.5 Å². The highest BCUT2D eigenvalue weighted by Gasteiger charge is 2.61. The van der Waals surface area contributed by atoms with Crippen molar-refractivity contribution in [1.29, 1.82) is 0 Å². The molecule has 2 aromatic carbocycles. The van der Waals surface area contributed by atoms with Crippen LogP contribution in [0.3, 0.4) is 0 Å². The van der Waals surface area contributed by atoms with E-state index in [4.69, 9.17) is 19.1 Å². The molecule has 2 amide bonds. The summed E-state index contributed by atoms with van der Waals surface area (Å²) in [6, 6.07) is 10.6. The SMILES string of the molecule is Cc1nc(C[C@H]2CCCCC/C=C\[C@H]3C[C@@]3(C(=O)NS(=O)(=O)C3CC3)CC(=O)[C@@H]3C[C@@H](Oc4nc(-c5ccc(C(F)(F)F)cc5)nc5c4oc4ccccc45)CN3C2=O)sc1C. The number of nitrogens with one attached hydrogen (secondary N) is 1. The first kappa shape index (κ1) is 42.2. The number of aryl methyl sites for hydroxylation is 2. The first-order valence-corrected chi connectivity index (χ1v) is 23.5. The highest BCUT2D eigenvalue weighted by atomic mass is 32.2. The van der Waals surface area contributed by atoms with Gasteiger partial charge >= 0.3 is 6.18 Å². The highest BCUT2D eigenvalue weighted by Crippen LogP contribution is 2.57. The lowest BCUT2D eigenvalue weighted by Crippen LogP contribution is -2.46. The minimum absolute atomic E-state index is 0.00690. The van der Waals surface area contributed by atoms with E-state index in [9.17, 15) is 36.0 Å². The molecule has 3 aromatic heterocycles. The predicted molar refractivity (Wildman–Crippen MR) is 226 cm³/mol. The second-order valence-electron chi connectivity index (χ2n) is 17.2. The van der Waals surface area contributed by atoms with Gasteiger partial charge in [-0.1, -0.05) is 49.3 Å². The molecular weight excluding hydrogens is 844 g/mol. The van der Waals surface area contributed by atoms with Crippen molar-refractivity contribution in [1.82, 2.24) is 24.6 Å². The van der Waals surface area contributed by atoms with Crippen LogP contribution in [0.1, 0.15) is 85.4 Å². The fourth-order valence-corrected chi connectivity index (χ4v) is 11.3. The van der Waals surface area contributed by atoms with Gasteiger partial charge in [0.15, 0.2) is 11.6 Å². The van der Waals surface area contributed by atoms with Crippen LogP contribution in [0.5, 0.6) is 5.88 Å². The largest absolute Gasteiger partial charge is 0.470 e. The van der Waals surface area contributed by atoms with Crippen LogP contribution in [-0.2, 0) is 37.0 Å². The average molecular weight is 890 g/mol. The number of para-hydroxylation sites is 1. The van der Waals surface area contributed by atoms with Crippen molar-refractivity contribution in [3.63, 3.8) is 0 Å². The van der Waals surface area contributed by atoms with E-state index >= 15 is 0 Å². The fraction of sp³-hybridized carbons (Fsp3) is 0.467. The second-order valence-corrected chi connectivity index (χ2v) is 20.4. The number of aromatic nitrogens is 3. The topological polar surface area (TPSA) is 162 Å². The summed E-state index contributed by atoms with van der Waals surface area (Å²) in [4.78, 5) is 60.4. The molecule has 3 fully saturated rings. The molecule has 5 atom stereocenters. The normalized spacial score (nSPS) is 25.5. The quantitative estimate of drug-likeness (QED) is 0.150. The summed E-state index contributed by atoms with van der Waals surface area (Å²) in [5.41, 5.74) is 0.122. The van der Waals surface area contributed by atoms with Gasteiger partial charge in [0.1, 0.15) is 17.2 Å².